The molecule has 18 heavy (non-hydrogen) atoms. The summed E-state index contributed by atoms with van der Waals surface area (Å²) in [6, 6.07) is 2.46. The minimum atomic E-state index is 0.340. The number of hydrogen-bond donors (Lipinski definition) is 1. The Kier molecular flexibility index (Phi) is 5.38. The summed E-state index contributed by atoms with van der Waals surface area (Å²) in [5.41, 5.74) is 0. The Balaban J connectivity index is 3.05. The summed E-state index contributed by atoms with van der Waals surface area (Å²) in [6.45, 7) is 11.7. The van der Waals surface area contributed by atoms with Crippen molar-refractivity contribution in [2.24, 2.45) is 0 Å². The molecule has 0 aliphatic rings. The molecule has 4 nitrogen and oxygen atoms in total. The van der Waals surface area contributed by atoms with Gasteiger partial charge in [-0.15, -0.1) is 0 Å². The normalized spacial score (nSPS) is 11.1. The maximum atomic E-state index is 4.64. The topological polar surface area (TPSA) is 41.0 Å². The molecule has 0 amide bonds. The average Bonchev–Trinajstić information content (AvgIpc) is 2.34. The van der Waals surface area contributed by atoms with Crippen LogP contribution in [0.1, 0.15) is 52.8 Å². The fourth-order valence-electron chi connectivity index (χ4n) is 1.50. The Labute approximate surface area is 111 Å². The van der Waals surface area contributed by atoms with Crippen molar-refractivity contribution >= 4 is 11.6 Å². The van der Waals surface area contributed by atoms with Crippen molar-refractivity contribution < 1.29 is 0 Å². The Morgan fingerprint density at radius 3 is 2.39 bits per heavy atom. The molecule has 0 aliphatic carbocycles. The summed E-state index contributed by atoms with van der Waals surface area (Å²) >= 11 is 0. The molecule has 4 heteroatoms. The van der Waals surface area contributed by atoms with Gasteiger partial charge < -0.3 is 10.2 Å². The second-order valence-corrected chi connectivity index (χ2v) is 5.26. The molecule has 0 unspecified atom stereocenters. The van der Waals surface area contributed by atoms with Crippen LogP contribution in [0.4, 0.5) is 11.6 Å². The number of anilines is 2. The van der Waals surface area contributed by atoms with Gasteiger partial charge in [-0.25, -0.2) is 9.97 Å². The van der Waals surface area contributed by atoms with Gasteiger partial charge in [-0.2, -0.15) is 0 Å². The SMILES string of the molecule is CCCNc1cc(N(C)C(C)C)nc(C(C)C)n1. The highest BCUT2D eigenvalue weighted by Crippen LogP contribution is 2.20. The molecule has 1 rings (SSSR count). The van der Waals surface area contributed by atoms with Gasteiger partial charge in [0.15, 0.2) is 0 Å². The number of aromatic nitrogens is 2. The third-order valence-corrected chi connectivity index (χ3v) is 2.94. The zero-order chi connectivity index (χ0) is 13.7. The summed E-state index contributed by atoms with van der Waals surface area (Å²) in [5.74, 6) is 3.16. The van der Waals surface area contributed by atoms with Crippen LogP contribution in [-0.2, 0) is 0 Å². The van der Waals surface area contributed by atoms with E-state index in [1.54, 1.807) is 0 Å². The summed E-state index contributed by atoms with van der Waals surface area (Å²) in [6.07, 6.45) is 1.09. The van der Waals surface area contributed by atoms with E-state index in [1.165, 1.54) is 0 Å². The second-order valence-electron chi connectivity index (χ2n) is 5.26. The van der Waals surface area contributed by atoms with Gasteiger partial charge in [0.05, 0.1) is 0 Å². The maximum Gasteiger partial charge on any atom is 0.135 e. The van der Waals surface area contributed by atoms with E-state index >= 15 is 0 Å². The third kappa shape index (κ3) is 3.86. The van der Waals surface area contributed by atoms with Crippen LogP contribution in [0.5, 0.6) is 0 Å². The molecule has 0 aromatic carbocycles. The summed E-state index contributed by atoms with van der Waals surface area (Å²) in [5, 5.41) is 3.35. The molecule has 0 fully saturated rings. The lowest BCUT2D eigenvalue weighted by Gasteiger charge is -2.24. The smallest absolute Gasteiger partial charge is 0.135 e. The quantitative estimate of drug-likeness (QED) is 0.841. The molecule has 0 radical (unpaired) electrons. The maximum absolute atomic E-state index is 4.64. The predicted molar refractivity (Wildman–Crippen MR) is 78.4 cm³/mol. The fraction of sp³-hybridized carbons (Fsp3) is 0.714. The van der Waals surface area contributed by atoms with Crippen molar-refractivity contribution in [1.82, 2.24) is 9.97 Å². The fourth-order valence-corrected chi connectivity index (χ4v) is 1.50. The lowest BCUT2D eigenvalue weighted by molar-refractivity contribution is 0.719. The van der Waals surface area contributed by atoms with E-state index in [2.05, 4.69) is 61.9 Å². The molecule has 102 valence electrons. The van der Waals surface area contributed by atoms with Crippen LogP contribution in [0, 0.1) is 0 Å². The van der Waals surface area contributed by atoms with E-state index in [-0.39, 0.29) is 0 Å². The van der Waals surface area contributed by atoms with Crippen molar-refractivity contribution in [2.45, 2.75) is 53.0 Å². The first-order chi connectivity index (χ1) is 8.45. The van der Waals surface area contributed by atoms with Gasteiger partial charge in [0.25, 0.3) is 0 Å². The van der Waals surface area contributed by atoms with Crippen LogP contribution >= 0.6 is 0 Å². The van der Waals surface area contributed by atoms with Crippen molar-refractivity contribution in [3.05, 3.63) is 11.9 Å². The van der Waals surface area contributed by atoms with Crippen molar-refractivity contribution in [3.8, 4) is 0 Å². The van der Waals surface area contributed by atoms with Crippen LogP contribution in [0.25, 0.3) is 0 Å². The van der Waals surface area contributed by atoms with Gasteiger partial charge in [-0.3, -0.25) is 0 Å². The summed E-state index contributed by atoms with van der Waals surface area (Å²) in [4.78, 5) is 11.4. The molecule has 1 aromatic heterocycles. The van der Waals surface area contributed by atoms with Gasteiger partial charge in [0, 0.05) is 31.6 Å². The Morgan fingerprint density at radius 2 is 1.89 bits per heavy atom. The van der Waals surface area contributed by atoms with Crippen LogP contribution in [-0.4, -0.2) is 29.6 Å². The minimum Gasteiger partial charge on any atom is -0.370 e. The first-order valence-corrected chi connectivity index (χ1v) is 6.81. The van der Waals surface area contributed by atoms with E-state index in [0.29, 0.717) is 12.0 Å². The van der Waals surface area contributed by atoms with E-state index in [9.17, 15) is 0 Å². The average molecular weight is 250 g/mol. The highest BCUT2D eigenvalue weighted by molar-refractivity contribution is 5.49. The van der Waals surface area contributed by atoms with Crippen molar-refractivity contribution in [3.63, 3.8) is 0 Å². The van der Waals surface area contributed by atoms with E-state index in [1.807, 2.05) is 6.07 Å². The Hall–Kier alpha value is -1.32. The van der Waals surface area contributed by atoms with Gasteiger partial charge in [0.1, 0.15) is 17.5 Å². The molecule has 0 saturated heterocycles. The summed E-state index contributed by atoms with van der Waals surface area (Å²) in [7, 11) is 2.07. The molecule has 0 spiro atoms. The molecule has 1 heterocycles. The number of hydrogen-bond acceptors (Lipinski definition) is 4. The lowest BCUT2D eigenvalue weighted by Crippen LogP contribution is -2.27. The number of rotatable bonds is 6. The first-order valence-electron chi connectivity index (χ1n) is 6.81. The molecule has 0 aliphatic heterocycles. The minimum absolute atomic E-state index is 0.340. The first kappa shape index (κ1) is 14.7. The van der Waals surface area contributed by atoms with Crippen LogP contribution in [0.2, 0.25) is 0 Å². The molecular formula is C14H26N4. The van der Waals surface area contributed by atoms with Gasteiger partial charge in [-0.1, -0.05) is 20.8 Å². The zero-order valence-corrected chi connectivity index (χ0v) is 12.5. The van der Waals surface area contributed by atoms with Crippen LogP contribution in [0.3, 0.4) is 0 Å². The molecule has 1 aromatic rings. The summed E-state index contributed by atoms with van der Waals surface area (Å²) < 4.78 is 0. The standard InChI is InChI=1S/C14H26N4/c1-7-8-15-12-9-13(18(6)11(4)5)17-14(16-12)10(2)3/h9-11H,7-8H2,1-6H3,(H,15,16,17). The van der Waals surface area contributed by atoms with Gasteiger partial charge >= 0.3 is 0 Å². The van der Waals surface area contributed by atoms with Gasteiger partial charge in [-0.05, 0) is 20.3 Å². The second kappa shape index (κ2) is 6.57. The highest BCUT2D eigenvalue weighted by Gasteiger charge is 2.12. The molecule has 0 atom stereocenters. The van der Waals surface area contributed by atoms with Crippen molar-refractivity contribution in [1.29, 1.82) is 0 Å². The largest absolute Gasteiger partial charge is 0.370 e. The number of nitrogens with zero attached hydrogens (tertiary/aromatic N) is 3. The monoisotopic (exact) mass is 250 g/mol. The Morgan fingerprint density at radius 1 is 1.22 bits per heavy atom. The van der Waals surface area contributed by atoms with E-state index in [4.69, 9.17) is 0 Å². The molecular weight excluding hydrogens is 224 g/mol. The van der Waals surface area contributed by atoms with Gasteiger partial charge in [0.2, 0.25) is 0 Å². The number of nitrogens with one attached hydrogen (secondary N) is 1. The lowest BCUT2D eigenvalue weighted by atomic mass is 10.2. The third-order valence-electron chi connectivity index (χ3n) is 2.94. The van der Waals surface area contributed by atoms with E-state index in [0.717, 1.165) is 30.4 Å². The highest BCUT2D eigenvalue weighted by atomic mass is 15.2. The van der Waals surface area contributed by atoms with Crippen LogP contribution in [0.15, 0.2) is 6.07 Å². The zero-order valence-electron chi connectivity index (χ0n) is 12.5. The predicted octanol–water partition coefficient (Wildman–Crippen LogP) is 3.27. The molecule has 0 saturated carbocycles. The molecule has 1 N–H and O–H groups in total. The van der Waals surface area contributed by atoms with E-state index < -0.39 is 0 Å². The Bertz CT molecular complexity index is 374. The van der Waals surface area contributed by atoms with Crippen LogP contribution < -0.4 is 10.2 Å². The molecule has 0 bridgehead atoms. The van der Waals surface area contributed by atoms with Crippen molar-refractivity contribution in [2.75, 3.05) is 23.8 Å².